The van der Waals surface area contributed by atoms with E-state index in [9.17, 15) is 0 Å². The lowest BCUT2D eigenvalue weighted by Gasteiger charge is -2.16. The molecule has 0 saturated carbocycles. The summed E-state index contributed by atoms with van der Waals surface area (Å²) in [6.07, 6.45) is 3.91. The Morgan fingerprint density at radius 2 is 1.87 bits per heavy atom. The van der Waals surface area contributed by atoms with E-state index < -0.39 is 0 Å². The molecule has 0 N–H and O–H groups in total. The zero-order valence-corrected chi connectivity index (χ0v) is 12.1. The van der Waals surface area contributed by atoms with Gasteiger partial charge >= 0.3 is 0 Å². The predicted octanol–water partition coefficient (Wildman–Crippen LogP) is 3.16. The van der Waals surface area contributed by atoms with Crippen molar-refractivity contribution in [1.82, 2.24) is 4.90 Å². The van der Waals surface area contributed by atoms with Gasteiger partial charge in [-0.05, 0) is 32.4 Å². The Kier molecular flexibility index (Phi) is 11.2. The van der Waals surface area contributed by atoms with Crippen molar-refractivity contribution in [1.29, 1.82) is 0 Å². The smallest absolute Gasteiger partial charge is 0.0593 e. The second kappa shape index (κ2) is 10.9. The average Bonchev–Trinajstić information content (AvgIpc) is 2.19. The summed E-state index contributed by atoms with van der Waals surface area (Å²) in [6.45, 7) is 8.37. The molecule has 0 aromatic carbocycles. The zero-order valence-electron chi connectivity index (χ0n) is 10.5. The quantitative estimate of drug-likeness (QED) is 0.450. The van der Waals surface area contributed by atoms with E-state index in [0.29, 0.717) is 5.92 Å². The van der Waals surface area contributed by atoms with Crippen LogP contribution in [0.2, 0.25) is 0 Å². The van der Waals surface area contributed by atoms with Crippen LogP contribution >= 0.6 is 15.9 Å². The van der Waals surface area contributed by atoms with Crippen LogP contribution < -0.4 is 0 Å². The van der Waals surface area contributed by atoms with Gasteiger partial charge in [0, 0.05) is 18.5 Å². The lowest BCUT2D eigenvalue weighted by Crippen LogP contribution is -2.24. The Morgan fingerprint density at radius 1 is 1.13 bits per heavy atom. The largest absolute Gasteiger partial charge is 0.380 e. The summed E-state index contributed by atoms with van der Waals surface area (Å²) in [5.74, 6) is 0.647. The SMILES string of the molecule is CC(C)COCCN(C)CCCCCBr. The first-order valence-corrected chi connectivity index (χ1v) is 7.11. The lowest BCUT2D eigenvalue weighted by atomic mass is 10.2. The van der Waals surface area contributed by atoms with Crippen LogP contribution in [0.5, 0.6) is 0 Å². The van der Waals surface area contributed by atoms with Gasteiger partial charge in [0.2, 0.25) is 0 Å². The maximum absolute atomic E-state index is 5.54. The average molecular weight is 280 g/mol. The molecule has 0 heterocycles. The number of alkyl halides is 1. The Morgan fingerprint density at radius 3 is 2.47 bits per heavy atom. The van der Waals surface area contributed by atoms with E-state index in [-0.39, 0.29) is 0 Å². The van der Waals surface area contributed by atoms with Crippen LogP contribution in [-0.4, -0.2) is 43.6 Å². The van der Waals surface area contributed by atoms with Gasteiger partial charge in [0.15, 0.2) is 0 Å². The van der Waals surface area contributed by atoms with Crippen molar-refractivity contribution in [3.8, 4) is 0 Å². The van der Waals surface area contributed by atoms with Crippen molar-refractivity contribution < 1.29 is 4.74 Å². The summed E-state index contributed by atoms with van der Waals surface area (Å²) < 4.78 is 5.54. The van der Waals surface area contributed by atoms with E-state index in [0.717, 1.165) is 25.1 Å². The Bertz CT molecular complexity index is 131. The molecule has 0 bridgehead atoms. The third kappa shape index (κ3) is 12.3. The maximum Gasteiger partial charge on any atom is 0.0593 e. The number of rotatable bonds is 10. The molecule has 3 heteroatoms. The van der Waals surface area contributed by atoms with Crippen molar-refractivity contribution in [3.05, 3.63) is 0 Å². The summed E-state index contributed by atoms with van der Waals surface area (Å²) in [6, 6.07) is 0. The van der Waals surface area contributed by atoms with Gasteiger partial charge in [0.1, 0.15) is 0 Å². The van der Waals surface area contributed by atoms with Crippen molar-refractivity contribution in [3.63, 3.8) is 0 Å². The summed E-state index contributed by atoms with van der Waals surface area (Å²) >= 11 is 3.45. The number of likely N-dealkylation sites (N-methyl/N-ethyl adjacent to an activating group) is 1. The van der Waals surface area contributed by atoms with Crippen molar-refractivity contribution in [2.45, 2.75) is 33.1 Å². The fraction of sp³-hybridized carbons (Fsp3) is 1.00. The number of hydrogen-bond donors (Lipinski definition) is 0. The molecular formula is C12H26BrNO. The molecule has 0 radical (unpaired) electrons. The summed E-state index contributed by atoms with van der Waals surface area (Å²) in [5, 5.41) is 1.13. The highest BCUT2D eigenvalue weighted by molar-refractivity contribution is 9.09. The molecule has 0 amide bonds. The van der Waals surface area contributed by atoms with E-state index in [1.807, 2.05) is 0 Å². The minimum absolute atomic E-state index is 0.647. The lowest BCUT2D eigenvalue weighted by molar-refractivity contribution is 0.0912. The number of unbranched alkanes of at least 4 members (excludes halogenated alkanes) is 2. The van der Waals surface area contributed by atoms with Gasteiger partial charge in [0.25, 0.3) is 0 Å². The molecule has 0 aromatic rings. The van der Waals surface area contributed by atoms with Crippen LogP contribution in [0.15, 0.2) is 0 Å². The summed E-state index contributed by atoms with van der Waals surface area (Å²) in [5.41, 5.74) is 0. The Balaban J connectivity index is 3.15. The molecule has 0 rings (SSSR count). The fourth-order valence-corrected chi connectivity index (χ4v) is 1.70. The highest BCUT2D eigenvalue weighted by atomic mass is 79.9. The second-order valence-electron chi connectivity index (χ2n) is 4.52. The van der Waals surface area contributed by atoms with E-state index in [2.05, 4.69) is 41.7 Å². The highest BCUT2D eigenvalue weighted by Gasteiger charge is 1.99. The monoisotopic (exact) mass is 279 g/mol. The number of ether oxygens (including phenoxy) is 1. The van der Waals surface area contributed by atoms with E-state index >= 15 is 0 Å². The van der Waals surface area contributed by atoms with Gasteiger partial charge in [-0.25, -0.2) is 0 Å². The molecular weight excluding hydrogens is 254 g/mol. The van der Waals surface area contributed by atoms with Crippen molar-refractivity contribution >= 4 is 15.9 Å². The minimum atomic E-state index is 0.647. The van der Waals surface area contributed by atoms with Gasteiger partial charge in [-0.15, -0.1) is 0 Å². The molecule has 0 aromatic heterocycles. The highest BCUT2D eigenvalue weighted by Crippen LogP contribution is 2.00. The Labute approximate surface area is 103 Å². The number of nitrogens with zero attached hydrogens (tertiary/aromatic N) is 1. The van der Waals surface area contributed by atoms with Crippen LogP contribution in [0.4, 0.5) is 0 Å². The molecule has 0 aliphatic rings. The summed E-state index contributed by atoms with van der Waals surface area (Å²) in [4.78, 5) is 2.36. The third-order valence-electron chi connectivity index (χ3n) is 2.24. The molecule has 0 aliphatic heterocycles. The van der Waals surface area contributed by atoms with Crippen LogP contribution in [0, 0.1) is 5.92 Å². The van der Waals surface area contributed by atoms with Gasteiger partial charge in [-0.2, -0.15) is 0 Å². The molecule has 2 nitrogen and oxygen atoms in total. The van der Waals surface area contributed by atoms with Crippen LogP contribution in [-0.2, 0) is 4.74 Å². The normalized spacial score (nSPS) is 11.6. The minimum Gasteiger partial charge on any atom is -0.380 e. The van der Waals surface area contributed by atoms with Gasteiger partial charge in [-0.1, -0.05) is 36.2 Å². The van der Waals surface area contributed by atoms with Crippen LogP contribution in [0.1, 0.15) is 33.1 Å². The van der Waals surface area contributed by atoms with E-state index in [1.54, 1.807) is 0 Å². The fourth-order valence-electron chi connectivity index (χ4n) is 1.30. The molecule has 0 saturated heterocycles. The van der Waals surface area contributed by atoms with E-state index in [4.69, 9.17) is 4.74 Å². The van der Waals surface area contributed by atoms with Gasteiger partial charge in [0.05, 0.1) is 6.61 Å². The predicted molar refractivity (Wildman–Crippen MR) is 70.8 cm³/mol. The van der Waals surface area contributed by atoms with Crippen LogP contribution in [0.25, 0.3) is 0 Å². The molecule has 0 fully saturated rings. The van der Waals surface area contributed by atoms with Crippen molar-refractivity contribution in [2.24, 2.45) is 5.92 Å². The number of hydrogen-bond acceptors (Lipinski definition) is 2. The van der Waals surface area contributed by atoms with Crippen molar-refractivity contribution in [2.75, 3.05) is 38.7 Å². The first kappa shape index (κ1) is 15.4. The van der Waals surface area contributed by atoms with Gasteiger partial charge in [-0.3, -0.25) is 0 Å². The third-order valence-corrected chi connectivity index (χ3v) is 2.80. The summed E-state index contributed by atoms with van der Waals surface area (Å²) in [7, 11) is 2.17. The molecule has 0 atom stereocenters. The number of halogens is 1. The van der Waals surface area contributed by atoms with Crippen LogP contribution in [0.3, 0.4) is 0 Å². The first-order valence-electron chi connectivity index (χ1n) is 5.99. The second-order valence-corrected chi connectivity index (χ2v) is 5.31. The molecule has 0 aliphatic carbocycles. The molecule has 15 heavy (non-hydrogen) atoms. The van der Waals surface area contributed by atoms with E-state index in [1.165, 1.54) is 25.8 Å². The first-order chi connectivity index (χ1) is 7.16. The molecule has 0 unspecified atom stereocenters. The zero-order chi connectivity index (χ0) is 11.5. The topological polar surface area (TPSA) is 12.5 Å². The van der Waals surface area contributed by atoms with Gasteiger partial charge < -0.3 is 9.64 Å². The Hall–Kier alpha value is 0.400. The molecule has 92 valence electrons. The standard InChI is InChI=1S/C12H26BrNO/c1-12(2)11-15-10-9-14(3)8-6-4-5-7-13/h12H,4-11H2,1-3H3. The molecule has 0 spiro atoms. The maximum atomic E-state index is 5.54.